The van der Waals surface area contributed by atoms with E-state index in [9.17, 15) is 9.59 Å². The van der Waals surface area contributed by atoms with Crippen LogP contribution in [-0.2, 0) is 12.0 Å². The molecule has 0 spiro atoms. The number of urea groups is 1. The molecular formula is C29H28BrN3O3. The summed E-state index contributed by atoms with van der Waals surface area (Å²) in [5.41, 5.74) is 3.60. The topological polar surface area (TPSA) is 61.9 Å². The molecular weight excluding hydrogens is 518 g/mol. The predicted octanol–water partition coefficient (Wildman–Crippen LogP) is 6.15. The zero-order valence-electron chi connectivity index (χ0n) is 20.5. The van der Waals surface area contributed by atoms with Crippen molar-refractivity contribution in [2.45, 2.75) is 50.9 Å². The third-order valence-electron chi connectivity index (χ3n) is 7.57. The molecule has 1 fully saturated rings. The van der Waals surface area contributed by atoms with Crippen molar-refractivity contribution >= 4 is 33.6 Å². The maximum atomic E-state index is 13.7. The van der Waals surface area contributed by atoms with Crippen LogP contribution >= 0.6 is 15.9 Å². The molecule has 0 aliphatic carbocycles. The summed E-state index contributed by atoms with van der Waals surface area (Å²) >= 11 is 3.51. The average Bonchev–Trinajstić information content (AvgIpc) is 2.83. The van der Waals surface area contributed by atoms with E-state index in [0.717, 1.165) is 15.8 Å². The second-order valence-corrected chi connectivity index (χ2v) is 11.7. The minimum absolute atomic E-state index is 0.0420. The van der Waals surface area contributed by atoms with Gasteiger partial charge in [0.15, 0.2) is 5.72 Å². The highest BCUT2D eigenvalue weighted by atomic mass is 79.9. The third-order valence-corrected chi connectivity index (χ3v) is 8.06. The minimum Gasteiger partial charge on any atom is -0.467 e. The van der Waals surface area contributed by atoms with E-state index in [1.165, 1.54) is 11.1 Å². The van der Waals surface area contributed by atoms with Gasteiger partial charge in [-0.1, -0.05) is 60.1 Å². The molecule has 36 heavy (non-hydrogen) atoms. The lowest BCUT2D eigenvalue weighted by Gasteiger charge is -2.50. The number of nitrogens with one attached hydrogen (secondary N) is 1. The molecule has 7 heteroatoms. The van der Waals surface area contributed by atoms with E-state index in [0.29, 0.717) is 30.8 Å². The number of ether oxygens (including phenoxy) is 1. The SMILES string of the molecule is CC1(C)CN(C(=O)c2cccc(N3C(=O)NC4CC3(C)Oc3ccc(Br)cc34)c2)Cc2ccccc21. The highest BCUT2D eigenvalue weighted by Crippen LogP contribution is 2.46. The fraction of sp³-hybridized carbons (Fsp3) is 0.310. The van der Waals surface area contributed by atoms with Crippen LogP contribution < -0.4 is 15.0 Å². The second kappa shape index (κ2) is 8.10. The molecule has 3 aromatic rings. The molecule has 3 heterocycles. The van der Waals surface area contributed by atoms with Crippen LogP contribution in [0, 0.1) is 0 Å². The number of amides is 3. The Morgan fingerprint density at radius 1 is 1.06 bits per heavy atom. The summed E-state index contributed by atoms with van der Waals surface area (Å²) in [5, 5.41) is 3.13. The van der Waals surface area contributed by atoms with Gasteiger partial charge in [0.05, 0.1) is 11.7 Å². The molecule has 1 N–H and O–H groups in total. The quantitative estimate of drug-likeness (QED) is 0.420. The van der Waals surface area contributed by atoms with E-state index < -0.39 is 5.72 Å². The van der Waals surface area contributed by atoms with Crippen molar-refractivity contribution < 1.29 is 14.3 Å². The van der Waals surface area contributed by atoms with Crippen molar-refractivity contribution in [2.75, 3.05) is 11.4 Å². The zero-order chi connectivity index (χ0) is 25.2. The molecule has 2 atom stereocenters. The van der Waals surface area contributed by atoms with E-state index in [1.54, 1.807) is 4.90 Å². The standard InChI is InChI=1S/C29H28BrN3O3/c1-28(2)17-32(16-19-7-4-5-10-23(19)28)26(34)18-8-6-9-21(13-18)33-27(35)31-24-15-29(33,3)36-25-12-11-20(30)14-22(24)25/h4-14,24H,15-17H2,1-3H3,(H,31,35). The summed E-state index contributed by atoms with van der Waals surface area (Å²) in [7, 11) is 0. The van der Waals surface area contributed by atoms with Crippen molar-refractivity contribution in [1.82, 2.24) is 10.2 Å². The van der Waals surface area contributed by atoms with Gasteiger partial charge < -0.3 is 15.0 Å². The summed E-state index contributed by atoms with van der Waals surface area (Å²) in [6.07, 6.45) is 0.595. The van der Waals surface area contributed by atoms with Crippen LogP contribution in [0.15, 0.2) is 71.2 Å². The lowest BCUT2D eigenvalue weighted by atomic mass is 9.78. The number of hydrogen-bond acceptors (Lipinski definition) is 3. The van der Waals surface area contributed by atoms with E-state index in [-0.39, 0.29) is 23.4 Å². The Kier molecular flexibility index (Phi) is 5.20. The summed E-state index contributed by atoms with van der Waals surface area (Å²) in [6.45, 7) is 7.48. The Morgan fingerprint density at radius 3 is 2.69 bits per heavy atom. The largest absolute Gasteiger partial charge is 0.467 e. The smallest absolute Gasteiger partial charge is 0.325 e. The molecule has 6 rings (SSSR count). The average molecular weight is 546 g/mol. The molecule has 3 aliphatic heterocycles. The molecule has 184 valence electrons. The van der Waals surface area contributed by atoms with Gasteiger partial charge in [-0.15, -0.1) is 0 Å². The van der Waals surface area contributed by atoms with E-state index in [4.69, 9.17) is 4.74 Å². The van der Waals surface area contributed by atoms with Gasteiger partial charge >= 0.3 is 6.03 Å². The first-order valence-electron chi connectivity index (χ1n) is 12.2. The Labute approximate surface area is 219 Å². The van der Waals surface area contributed by atoms with Crippen molar-refractivity contribution in [3.05, 3.63) is 93.5 Å². The first kappa shape index (κ1) is 23.1. The van der Waals surface area contributed by atoms with Gasteiger partial charge in [-0.3, -0.25) is 9.69 Å². The lowest BCUT2D eigenvalue weighted by molar-refractivity contribution is 0.0377. The van der Waals surface area contributed by atoms with Gasteiger partial charge in [0.1, 0.15) is 5.75 Å². The summed E-state index contributed by atoms with van der Waals surface area (Å²) in [5.74, 6) is 0.711. The second-order valence-electron chi connectivity index (χ2n) is 10.8. The molecule has 1 saturated heterocycles. The fourth-order valence-electron chi connectivity index (χ4n) is 5.98. The monoisotopic (exact) mass is 545 g/mol. The predicted molar refractivity (Wildman–Crippen MR) is 142 cm³/mol. The molecule has 3 aliphatic rings. The highest BCUT2D eigenvalue weighted by molar-refractivity contribution is 9.10. The normalized spacial score (nSPS) is 23.8. The van der Waals surface area contributed by atoms with Crippen molar-refractivity contribution in [2.24, 2.45) is 0 Å². The highest BCUT2D eigenvalue weighted by Gasteiger charge is 2.50. The minimum atomic E-state index is -0.873. The summed E-state index contributed by atoms with van der Waals surface area (Å²) in [4.78, 5) is 30.6. The van der Waals surface area contributed by atoms with Gasteiger partial charge in [0, 0.05) is 40.5 Å². The number of nitrogens with zero attached hydrogens (tertiary/aromatic N) is 2. The molecule has 2 bridgehead atoms. The van der Waals surface area contributed by atoms with Gasteiger partial charge in [-0.2, -0.15) is 0 Å². The first-order valence-corrected chi connectivity index (χ1v) is 13.0. The maximum absolute atomic E-state index is 13.7. The van der Waals surface area contributed by atoms with Crippen molar-refractivity contribution in [3.8, 4) is 5.75 Å². The number of halogens is 1. The molecule has 3 aromatic carbocycles. The third kappa shape index (κ3) is 3.68. The van der Waals surface area contributed by atoms with E-state index in [2.05, 4.69) is 53.3 Å². The number of anilines is 1. The lowest BCUT2D eigenvalue weighted by Crippen LogP contribution is -2.65. The molecule has 3 amide bonds. The van der Waals surface area contributed by atoms with Crippen LogP contribution in [0.25, 0.3) is 0 Å². The number of hydrogen-bond donors (Lipinski definition) is 1. The van der Waals surface area contributed by atoms with Gasteiger partial charge in [0.2, 0.25) is 0 Å². The Hall–Kier alpha value is -3.32. The van der Waals surface area contributed by atoms with Crippen LogP contribution in [0.2, 0.25) is 0 Å². The van der Waals surface area contributed by atoms with E-state index >= 15 is 0 Å². The van der Waals surface area contributed by atoms with Gasteiger partial charge in [-0.25, -0.2) is 4.79 Å². The molecule has 0 saturated carbocycles. The van der Waals surface area contributed by atoms with Crippen LogP contribution in [0.1, 0.15) is 60.3 Å². The van der Waals surface area contributed by atoms with Crippen LogP contribution in [-0.4, -0.2) is 29.1 Å². The molecule has 6 nitrogen and oxygen atoms in total. The zero-order valence-corrected chi connectivity index (χ0v) is 22.1. The number of fused-ring (bicyclic) bond motifs is 5. The van der Waals surface area contributed by atoms with Crippen molar-refractivity contribution in [3.63, 3.8) is 0 Å². The number of carbonyl (C=O) groups is 2. The molecule has 0 radical (unpaired) electrons. The van der Waals surface area contributed by atoms with Crippen LogP contribution in [0.4, 0.5) is 10.5 Å². The Balaban J connectivity index is 1.32. The first-order chi connectivity index (χ1) is 17.1. The number of benzene rings is 3. The number of carbonyl (C=O) groups excluding carboxylic acids is 2. The van der Waals surface area contributed by atoms with Crippen LogP contribution in [0.3, 0.4) is 0 Å². The fourth-order valence-corrected chi connectivity index (χ4v) is 6.36. The Morgan fingerprint density at radius 2 is 1.86 bits per heavy atom. The summed E-state index contributed by atoms with van der Waals surface area (Å²) in [6, 6.07) is 21.1. The van der Waals surface area contributed by atoms with Gasteiger partial charge in [0.25, 0.3) is 5.91 Å². The molecule has 0 aromatic heterocycles. The molecule has 2 unspecified atom stereocenters. The maximum Gasteiger partial charge on any atom is 0.325 e. The number of rotatable bonds is 2. The Bertz CT molecular complexity index is 1400. The van der Waals surface area contributed by atoms with Gasteiger partial charge in [-0.05, 0) is 54.4 Å². The van der Waals surface area contributed by atoms with Crippen molar-refractivity contribution in [1.29, 1.82) is 0 Å². The van der Waals surface area contributed by atoms with E-state index in [1.807, 2.05) is 60.4 Å². The summed E-state index contributed by atoms with van der Waals surface area (Å²) < 4.78 is 7.36. The van der Waals surface area contributed by atoms with Crippen LogP contribution in [0.5, 0.6) is 5.75 Å².